The molecule has 7 heteroatoms. The average molecular weight is 354 g/mol. The summed E-state index contributed by atoms with van der Waals surface area (Å²) in [4.78, 5) is 32.3. The molecule has 0 saturated carbocycles. The van der Waals surface area contributed by atoms with E-state index in [4.69, 9.17) is 0 Å². The highest BCUT2D eigenvalue weighted by atomic mass is 16.2. The number of aryl methyl sites for hydroxylation is 1. The van der Waals surface area contributed by atoms with Crippen LogP contribution in [0.5, 0.6) is 0 Å². The maximum atomic E-state index is 12.9. The summed E-state index contributed by atoms with van der Waals surface area (Å²) in [5.41, 5.74) is 2.36. The standard InChI is InChI=1S/C19H26N6O/c1-4-24(14-16-5-7-20-8-6-16)18(26)17-13-21-19(22-15(17)2)25-11-9-23(3)10-12-25/h5-8,13H,4,9-12,14H2,1-3H3. The summed E-state index contributed by atoms with van der Waals surface area (Å²) in [5.74, 6) is 0.677. The lowest BCUT2D eigenvalue weighted by molar-refractivity contribution is 0.0751. The topological polar surface area (TPSA) is 65.5 Å². The molecule has 0 bridgehead atoms. The third-order valence-electron chi connectivity index (χ3n) is 4.77. The van der Waals surface area contributed by atoms with Crippen LogP contribution in [0.15, 0.2) is 30.7 Å². The highest BCUT2D eigenvalue weighted by molar-refractivity contribution is 5.95. The van der Waals surface area contributed by atoms with Crippen molar-refractivity contribution < 1.29 is 4.79 Å². The monoisotopic (exact) mass is 354 g/mol. The second-order valence-electron chi connectivity index (χ2n) is 6.63. The Balaban J connectivity index is 1.74. The van der Waals surface area contributed by atoms with Crippen LogP contribution in [0.3, 0.4) is 0 Å². The Hall–Kier alpha value is -2.54. The first-order valence-corrected chi connectivity index (χ1v) is 9.03. The Kier molecular flexibility index (Phi) is 5.78. The molecule has 26 heavy (non-hydrogen) atoms. The number of hydrogen-bond donors (Lipinski definition) is 0. The minimum Gasteiger partial charge on any atom is -0.338 e. The number of rotatable bonds is 5. The summed E-state index contributed by atoms with van der Waals surface area (Å²) in [7, 11) is 2.12. The average Bonchev–Trinajstić information content (AvgIpc) is 2.67. The maximum Gasteiger partial charge on any atom is 0.257 e. The maximum absolute atomic E-state index is 12.9. The van der Waals surface area contributed by atoms with E-state index in [1.54, 1.807) is 23.5 Å². The normalized spacial score (nSPS) is 15.1. The van der Waals surface area contributed by atoms with Crippen molar-refractivity contribution in [2.45, 2.75) is 20.4 Å². The summed E-state index contributed by atoms with van der Waals surface area (Å²) >= 11 is 0. The molecule has 0 radical (unpaired) electrons. The highest BCUT2D eigenvalue weighted by Gasteiger charge is 2.21. The van der Waals surface area contributed by atoms with Gasteiger partial charge in [-0.2, -0.15) is 0 Å². The van der Waals surface area contributed by atoms with Crippen LogP contribution in [0.4, 0.5) is 5.95 Å². The van der Waals surface area contributed by atoms with E-state index in [9.17, 15) is 4.79 Å². The second-order valence-corrected chi connectivity index (χ2v) is 6.63. The van der Waals surface area contributed by atoms with Crippen LogP contribution < -0.4 is 4.90 Å². The molecule has 138 valence electrons. The molecule has 0 aliphatic carbocycles. The van der Waals surface area contributed by atoms with Crippen LogP contribution in [0.1, 0.15) is 28.5 Å². The van der Waals surface area contributed by atoms with Gasteiger partial charge in [0.15, 0.2) is 0 Å². The van der Waals surface area contributed by atoms with Crippen molar-refractivity contribution in [3.63, 3.8) is 0 Å². The van der Waals surface area contributed by atoms with Crippen LogP contribution in [-0.2, 0) is 6.54 Å². The largest absolute Gasteiger partial charge is 0.338 e. The van der Waals surface area contributed by atoms with Crippen molar-refractivity contribution in [2.75, 3.05) is 44.7 Å². The molecule has 1 amide bonds. The van der Waals surface area contributed by atoms with Crippen molar-refractivity contribution in [1.29, 1.82) is 0 Å². The van der Waals surface area contributed by atoms with E-state index in [0.29, 0.717) is 24.6 Å². The number of likely N-dealkylation sites (N-methyl/N-ethyl adjacent to an activating group) is 1. The smallest absolute Gasteiger partial charge is 0.257 e. The number of aromatic nitrogens is 3. The van der Waals surface area contributed by atoms with Crippen LogP contribution >= 0.6 is 0 Å². The van der Waals surface area contributed by atoms with E-state index < -0.39 is 0 Å². The molecule has 0 N–H and O–H groups in total. The Morgan fingerprint density at radius 1 is 1.19 bits per heavy atom. The molecular formula is C19H26N6O. The molecule has 3 rings (SSSR count). The zero-order valence-electron chi connectivity index (χ0n) is 15.7. The fourth-order valence-corrected chi connectivity index (χ4v) is 3.03. The summed E-state index contributed by atoms with van der Waals surface area (Å²) < 4.78 is 0. The lowest BCUT2D eigenvalue weighted by Gasteiger charge is -2.32. The molecule has 2 aromatic heterocycles. The number of anilines is 1. The Morgan fingerprint density at radius 2 is 1.88 bits per heavy atom. The van der Waals surface area contributed by atoms with Gasteiger partial charge in [-0.05, 0) is 38.6 Å². The lowest BCUT2D eigenvalue weighted by Crippen LogP contribution is -2.45. The lowest BCUT2D eigenvalue weighted by atomic mass is 10.2. The highest BCUT2D eigenvalue weighted by Crippen LogP contribution is 2.16. The molecule has 0 aromatic carbocycles. The van der Waals surface area contributed by atoms with Gasteiger partial charge in [-0.25, -0.2) is 9.97 Å². The van der Waals surface area contributed by atoms with Gasteiger partial charge < -0.3 is 14.7 Å². The number of piperazine rings is 1. The number of hydrogen-bond acceptors (Lipinski definition) is 6. The van der Waals surface area contributed by atoms with Gasteiger partial charge in [-0.1, -0.05) is 0 Å². The van der Waals surface area contributed by atoms with Crippen molar-refractivity contribution in [1.82, 2.24) is 24.8 Å². The Labute approximate surface area is 154 Å². The number of carbonyl (C=O) groups excluding carboxylic acids is 1. The molecular weight excluding hydrogens is 328 g/mol. The summed E-state index contributed by atoms with van der Waals surface area (Å²) in [6.07, 6.45) is 5.16. The summed E-state index contributed by atoms with van der Waals surface area (Å²) in [6, 6.07) is 3.85. The molecule has 2 aromatic rings. The summed E-state index contributed by atoms with van der Waals surface area (Å²) in [5, 5.41) is 0. The van der Waals surface area contributed by atoms with Crippen molar-refractivity contribution in [2.24, 2.45) is 0 Å². The first kappa shape index (κ1) is 18.3. The zero-order valence-corrected chi connectivity index (χ0v) is 15.7. The Bertz CT molecular complexity index is 743. The zero-order chi connectivity index (χ0) is 18.5. The molecule has 1 fully saturated rings. The minimum atomic E-state index is -0.0354. The van der Waals surface area contributed by atoms with E-state index in [1.807, 2.05) is 26.0 Å². The van der Waals surface area contributed by atoms with E-state index in [1.165, 1.54) is 0 Å². The van der Waals surface area contributed by atoms with E-state index >= 15 is 0 Å². The molecule has 0 spiro atoms. The first-order valence-electron chi connectivity index (χ1n) is 9.03. The fraction of sp³-hybridized carbons (Fsp3) is 0.474. The first-order chi connectivity index (χ1) is 12.6. The van der Waals surface area contributed by atoms with Gasteiger partial charge in [0.2, 0.25) is 5.95 Å². The number of carbonyl (C=O) groups is 1. The van der Waals surface area contributed by atoms with Gasteiger partial charge in [0, 0.05) is 57.9 Å². The van der Waals surface area contributed by atoms with Gasteiger partial charge in [0.05, 0.1) is 11.3 Å². The van der Waals surface area contributed by atoms with Crippen LogP contribution in [0, 0.1) is 6.92 Å². The van der Waals surface area contributed by atoms with Crippen LogP contribution in [0.2, 0.25) is 0 Å². The third kappa shape index (κ3) is 4.16. The molecule has 1 aliphatic rings. The molecule has 0 unspecified atom stereocenters. The van der Waals surface area contributed by atoms with Crippen LogP contribution in [-0.4, -0.2) is 70.4 Å². The van der Waals surface area contributed by atoms with E-state index in [0.717, 1.165) is 37.4 Å². The van der Waals surface area contributed by atoms with Gasteiger partial charge in [-0.15, -0.1) is 0 Å². The second kappa shape index (κ2) is 8.23. The van der Waals surface area contributed by atoms with Gasteiger partial charge >= 0.3 is 0 Å². The third-order valence-corrected chi connectivity index (χ3v) is 4.77. The molecule has 7 nitrogen and oxygen atoms in total. The van der Waals surface area contributed by atoms with Gasteiger partial charge in [0.25, 0.3) is 5.91 Å². The van der Waals surface area contributed by atoms with Gasteiger partial charge in [0.1, 0.15) is 0 Å². The predicted octanol–water partition coefficient (Wildman–Crippen LogP) is 1.59. The SMILES string of the molecule is CCN(Cc1ccncc1)C(=O)c1cnc(N2CCN(C)CC2)nc1C. The van der Waals surface area contributed by atoms with Crippen molar-refractivity contribution in [3.05, 3.63) is 47.5 Å². The number of amides is 1. The minimum absolute atomic E-state index is 0.0354. The molecule has 1 saturated heterocycles. The molecule has 0 atom stereocenters. The van der Waals surface area contributed by atoms with Crippen LogP contribution in [0.25, 0.3) is 0 Å². The molecule has 1 aliphatic heterocycles. The van der Waals surface area contributed by atoms with Gasteiger partial charge in [-0.3, -0.25) is 9.78 Å². The van der Waals surface area contributed by atoms with Crippen molar-refractivity contribution in [3.8, 4) is 0 Å². The summed E-state index contributed by atoms with van der Waals surface area (Å²) in [6.45, 7) is 8.86. The van der Waals surface area contributed by atoms with E-state index in [2.05, 4.69) is 31.8 Å². The number of nitrogens with zero attached hydrogens (tertiary/aromatic N) is 6. The van der Waals surface area contributed by atoms with E-state index in [-0.39, 0.29) is 5.91 Å². The fourth-order valence-electron chi connectivity index (χ4n) is 3.03. The molecule has 3 heterocycles. The Morgan fingerprint density at radius 3 is 2.50 bits per heavy atom. The van der Waals surface area contributed by atoms with Crippen molar-refractivity contribution >= 4 is 11.9 Å². The predicted molar refractivity (Wildman–Crippen MR) is 101 cm³/mol. The number of pyridine rings is 1. The quantitative estimate of drug-likeness (QED) is 0.812.